The number of hydrogen-bond donors (Lipinski definition) is 0. The summed E-state index contributed by atoms with van der Waals surface area (Å²) in [6, 6.07) is 21.8. The topological polar surface area (TPSA) is 120 Å². The van der Waals surface area contributed by atoms with Crippen LogP contribution in [0.3, 0.4) is 0 Å². The van der Waals surface area contributed by atoms with Gasteiger partial charge in [0, 0.05) is 46.8 Å². The van der Waals surface area contributed by atoms with Crippen LogP contribution in [0, 0.1) is 5.21 Å². The fraction of sp³-hybridized carbons (Fsp3) is 0.200. The van der Waals surface area contributed by atoms with Crippen molar-refractivity contribution < 1.29 is 16.8 Å². The lowest BCUT2D eigenvalue weighted by Gasteiger charge is -2.34. The van der Waals surface area contributed by atoms with Crippen molar-refractivity contribution in [3.8, 4) is 32.8 Å². The number of fused-ring (bicyclic) bond motifs is 1. The van der Waals surface area contributed by atoms with Gasteiger partial charge in [0.15, 0.2) is 19.7 Å². The molecular formula is C35H32N3O5S3-. The van der Waals surface area contributed by atoms with Crippen molar-refractivity contribution in [1.82, 2.24) is 15.0 Å². The zero-order valence-electron chi connectivity index (χ0n) is 25.9. The van der Waals surface area contributed by atoms with E-state index in [1.54, 1.807) is 44.3 Å². The van der Waals surface area contributed by atoms with Gasteiger partial charge < -0.3 is 10.3 Å². The predicted octanol–water partition coefficient (Wildman–Crippen LogP) is 7.47. The molecule has 2 aromatic heterocycles. The smallest absolute Gasteiger partial charge is 0.175 e. The number of benzene rings is 3. The molecule has 3 heterocycles. The lowest BCUT2D eigenvalue weighted by Crippen LogP contribution is -2.28. The third kappa shape index (κ3) is 5.91. The molecule has 5 aromatic rings. The van der Waals surface area contributed by atoms with Crippen LogP contribution in [-0.4, -0.2) is 50.4 Å². The van der Waals surface area contributed by atoms with Gasteiger partial charge in [-0.15, -0.1) is 11.3 Å². The zero-order valence-corrected chi connectivity index (χ0v) is 28.4. The first-order chi connectivity index (χ1) is 21.6. The average Bonchev–Trinajstić information content (AvgIpc) is 3.47. The van der Waals surface area contributed by atoms with E-state index in [-0.39, 0.29) is 10.9 Å². The molecule has 6 rings (SSSR count). The summed E-state index contributed by atoms with van der Waals surface area (Å²) < 4.78 is 48.8. The van der Waals surface area contributed by atoms with Crippen LogP contribution in [0.1, 0.15) is 31.3 Å². The highest BCUT2D eigenvalue weighted by atomic mass is 32.2. The van der Waals surface area contributed by atoms with Crippen LogP contribution >= 0.6 is 11.3 Å². The van der Waals surface area contributed by atoms with Crippen LogP contribution in [-0.2, 0) is 24.4 Å². The van der Waals surface area contributed by atoms with Crippen molar-refractivity contribution in [2.75, 3.05) is 12.5 Å². The maximum absolute atomic E-state index is 12.8. The highest BCUT2D eigenvalue weighted by Crippen LogP contribution is 2.42. The summed E-state index contributed by atoms with van der Waals surface area (Å²) in [6.07, 6.45) is 9.39. The van der Waals surface area contributed by atoms with Gasteiger partial charge in [0.25, 0.3) is 0 Å². The average molecular weight is 671 g/mol. The first kappa shape index (κ1) is 31.8. The molecular weight excluding hydrogens is 639 g/mol. The Labute approximate surface area is 273 Å². The normalized spacial score (nSPS) is 15.7. The monoisotopic (exact) mass is 670 g/mol. The maximum Gasteiger partial charge on any atom is 0.175 e. The van der Waals surface area contributed by atoms with Crippen molar-refractivity contribution in [3.63, 3.8) is 0 Å². The first-order valence-electron chi connectivity index (χ1n) is 14.5. The number of aromatic nitrogens is 2. The summed E-state index contributed by atoms with van der Waals surface area (Å²) >= 11 is 1.44. The number of hydrogen-bond acceptors (Lipinski definition) is 9. The van der Waals surface area contributed by atoms with Gasteiger partial charge in [-0.25, -0.2) is 21.8 Å². The standard InChI is InChI=1S/C35H32N3O5S3/c1-22-11-12-27(21-38(22)39)34-37-32(23-13-15-29(16-14-23)45(4,40)41)33(44-34)26-9-6-8-24(18-26)30-20-28(35(2,3)46(5,42)43)19-25-10-7-17-36-31(25)30/h6-22H,1-5H3/q-1. The van der Waals surface area contributed by atoms with Gasteiger partial charge in [-0.1, -0.05) is 48.6 Å². The van der Waals surface area contributed by atoms with E-state index in [0.717, 1.165) is 43.1 Å². The van der Waals surface area contributed by atoms with E-state index in [1.807, 2.05) is 67.6 Å². The maximum atomic E-state index is 12.8. The van der Waals surface area contributed by atoms with E-state index >= 15 is 0 Å². The molecule has 0 bridgehead atoms. The molecule has 0 fully saturated rings. The molecule has 0 saturated heterocycles. The summed E-state index contributed by atoms with van der Waals surface area (Å²) in [5.74, 6) is 0. The minimum Gasteiger partial charge on any atom is -0.758 e. The molecule has 0 N–H and O–H groups in total. The molecule has 0 amide bonds. The Morgan fingerprint density at radius 2 is 1.61 bits per heavy atom. The second-order valence-electron chi connectivity index (χ2n) is 12.0. The summed E-state index contributed by atoms with van der Waals surface area (Å²) in [5, 5.41) is 14.8. The van der Waals surface area contributed by atoms with E-state index in [0.29, 0.717) is 21.8 Å². The van der Waals surface area contributed by atoms with Crippen LogP contribution in [0.25, 0.3) is 49.3 Å². The van der Waals surface area contributed by atoms with Crippen LogP contribution < -0.4 is 0 Å². The highest BCUT2D eigenvalue weighted by molar-refractivity contribution is 7.91. The van der Waals surface area contributed by atoms with Gasteiger partial charge in [0.2, 0.25) is 0 Å². The number of hydroxylamine groups is 2. The van der Waals surface area contributed by atoms with E-state index in [2.05, 4.69) is 4.98 Å². The summed E-state index contributed by atoms with van der Waals surface area (Å²) in [4.78, 5) is 10.7. The van der Waals surface area contributed by atoms with E-state index < -0.39 is 24.4 Å². The molecule has 46 heavy (non-hydrogen) atoms. The third-order valence-electron chi connectivity index (χ3n) is 8.41. The largest absolute Gasteiger partial charge is 0.758 e. The van der Waals surface area contributed by atoms with Crippen molar-refractivity contribution in [2.45, 2.75) is 36.5 Å². The zero-order chi connectivity index (χ0) is 33.0. The second-order valence-corrected chi connectivity index (χ2v) is 17.6. The summed E-state index contributed by atoms with van der Waals surface area (Å²) in [7, 11) is -6.82. The molecule has 0 saturated carbocycles. The highest BCUT2D eigenvalue weighted by Gasteiger charge is 2.33. The quantitative estimate of drug-likeness (QED) is 0.175. The van der Waals surface area contributed by atoms with Gasteiger partial charge in [-0.3, -0.25) is 4.98 Å². The fourth-order valence-corrected chi connectivity index (χ4v) is 7.50. The van der Waals surface area contributed by atoms with Crippen LogP contribution in [0.15, 0.2) is 102 Å². The Hall–Kier alpha value is -4.16. The van der Waals surface area contributed by atoms with Gasteiger partial charge >= 0.3 is 0 Å². The van der Waals surface area contributed by atoms with E-state index in [9.17, 15) is 22.0 Å². The Kier molecular flexibility index (Phi) is 8.00. The number of pyridine rings is 1. The predicted molar refractivity (Wildman–Crippen MR) is 186 cm³/mol. The van der Waals surface area contributed by atoms with E-state index in [4.69, 9.17) is 4.98 Å². The van der Waals surface area contributed by atoms with Crippen molar-refractivity contribution in [3.05, 3.63) is 113 Å². The molecule has 1 atom stereocenters. The minimum atomic E-state index is -3.44. The SMILES string of the molecule is CC1C=CC(c2nc(-c3ccc(S(C)(=O)=O)cc3)c(-c3cccc(-c4cc(C(C)(C)S(C)(=O)=O)cc5cccnc45)c3)s2)=CN1[O-]. The number of nitrogens with zero attached hydrogens (tertiary/aromatic N) is 3. The molecule has 11 heteroatoms. The Balaban J connectivity index is 1.54. The van der Waals surface area contributed by atoms with Crippen molar-refractivity contribution >= 4 is 47.5 Å². The number of sulfone groups is 2. The van der Waals surface area contributed by atoms with Crippen LogP contribution in [0.2, 0.25) is 0 Å². The number of rotatable bonds is 7. The Morgan fingerprint density at radius 3 is 2.28 bits per heavy atom. The van der Waals surface area contributed by atoms with Gasteiger partial charge in [0.05, 0.1) is 25.7 Å². The molecule has 8 nitrogen and oxygen atoms in total. The summed E-state index contributed by atoms with van der Waals surface area (Å²) in [5.41, 5.74) is 5.96. The van der Waals surface area contributed by atoms with Crippen molar-refractivity contribution in [2.24, 2.45) is 0 Å². The Bertz CT molecular complexity index is 2270. The number of allylic oxidation sites excluding steroid dienone is 2. The van der Waals surface area contributed by atoms with Gasteiger partial charge in [-0.05, 0) is 80.1 Å². The van der Waals surface area contributed by atoms with Gasteiger partial charge in [0.1, 0.15) is 5.01 Å². The first-order valence-corrected chi connectivity index (χ1v) is 19.1. The van der Waals surface area contributed by atoms with Crippen LogP contribution in [0.5, 0.6) is 0 Å². The summed E-state index contributed by atoms with van der Waals surface area (Å²) in [6.45, 7) is 5.23. The molecule has 3 aromatic carbocycles. The molecule has 1 aliphatic rings. The molecule has 1 unspecified atom stereocenters. The molecule has 236 valence electrons. The lowest BCUT2D eigenvalue weighted by molar-refractivity contribution is 0.452. The van der Waals surface area contributed by atoms with Gasteiger partial charge in [-0.2, -0.15) is 0 Å². The molecule has 0 radical (unpaired) electrons. The minimum absolute atomic E-state index is 0.209. The second kappa shape index (κ2) is 11.6. The molecule has 0 spiro atoms. The van der Waals surface area contributed by atoms with Crippen LogP contribution in [0.4, 0.5) is 0 Å². The lowest BCUT2D eigenvalue weighted by atomic mass is 9.92. The van der Waals surface area contributed by atoms with Crippen molar-refractivity contribution in [1.29, 1.82) is 0 Å². The van der Waals surface area contributed by atoms with E-state index in [1.165, 1.54) is 30.0 Å². The number of thiazole rings is 1. The fourth-order valence-electron chi connectivity index (χ4n) is 5.25. The Morgan fingerprint density at radius 1 is 0.891 bits per heavy atom. The third-order valence-corrected chi connectivity index (χ3v) is 12.8. The molecule has 1 aliphatic heterocycles. The molecule has 0 aliphatic carbocycles.